The number of carbonyl (C=O) groups excluding carboxylic acids is 3. The highest BCUT2D eigenvalue weighted by atomic mass is 16.3. The summed E-state index contributed by atoms with van der Waals surface area (Å²) in [5, 5.41) is 12.6. The highest BCUT2D eigenvalue weighted by Gasteiger charge is 2.39. The minimum Gasteiger partial charge on any atom is -0.508 e. The number of imide groups is 1. The maximum Gasteiger partial charge on any atom is 0.255 e. The van der Waals surface area contributed by atoms with E-state index in [1.54, 1.807) is 4.90 Å². The molecule has 9 heteroatoms. The largest absolute Gasteiger partial charge is 0.508 e. The molecular formula is C44H55N5O4. The summed E-state index contributed by atoms with van der Waals surface area (Å²) in [6.45, 7) is 12.4. The lowest BCUT2D eigenvalue weighted by Gasteiger charge is -2.40. The summed E-state index contributed by atoms with van der Waals surface area (Å²) in [5.74, 6) is 2.07. The number of amides is 3. The molecule has 0 unspecified atom stereocenters. The van der Waals surface area contributed by atoms with Crippen LogP contribution in [0.5, 0.6) is 5.75 Å². The van der Waals surface area contributed by atoms with E-state index < -0.39 is 6.04 Å². The SMILES string of the molecule is CC(C)CC[C@@H]1CCc2cc(O)ccc2[C@@H]1c1ccc(N2CCC(CN3CCN(c4ccc5c(c4)CN([C@H]4CCC(=O)NC4=O)C5=O)CC3)CC2)cc1. The number of carbonyl (C=O) groups is 3. The molecule has 3 fully saturated rings. The molecule has 1 aliphatic carbocycles. The van der Waals surface area contributed by atoms with Crippen molar-refractivity contribution in [2.75, 3.05) is 55.6 Å². The molecule has 9 nitrogen and oxygen atoms in total. The third-order valence-corrected chi connectivity index (χ3v) is 12.8. The summed E-state index contributed by atoms with van der Waals surface area (Å²) in [4.78, 5) is 46.5. The zero-order chi connectivity index (χ0) is 36.6. The van der Waals surface area contributed by atoms with Crippen molar-refractivity contribution in [2.24, 2.45) is 17.8 Å². The van der Waals surface area contributed by atoms with Crippen molar-refractivity contribution in [3.63, 3.8) is 0 Å². The van der Waals surface area contributed by atoms with Crippen LogP contribution in [0.3, 0.4) is 0 Å². The first kappa shape index (κ1) is 35.6. The normalized spacial score (nSPS) is 24.1. The van der Waals surface area contributed by atoms with Crippen molar-refractivity contribution in [3.05, 3.63) is 88.5 Å². The van der Waals surface area contributed by atoms with E-state index in [1.165, 1.54) is 54.5 Å². The molecule has 3 aromatic carbocycles. The van der Waals surface area contributed by atoms with Crippen LogP contribution >= 0.6 is 0 Å². The van der Waals surface area contributed by atoms with Crippen molar-refractivity contribution in [3.8, 4) is 5.75 Å². The van der Waals surface area contributed by atoms with Gasteiger partial charge in [-0.25, -0.2) is 0 Å². The number of benzene rings is 3. The Hall–Kier alpha value is -4.37. The second kappa shape index (κ2) is 15.2. The predicted octanol–water partition coefficient (Wildman–Crippen LogP) is 6.32. The van der Waals surface area contributed by atoms with Gasteiger partial charge in [-0.3, -0.25) is 24.6 Å². The fourth-order valence-corrected chi connectivity index (χ4v) is 9.76. The summed E-state index contributed by atoms with van der Waals surface area (Å²) in [6, 6.07) is 21.0. The molecule has 3 amide bonds. The first-order chi connectivity index (χ1) is 25.7. The van der Waals surface area contributed by atoms with E-state index in [-0.39, 0.29) is 24.1 Å². The van der Waals surface area contributed by atoms with Crippen LogP contribution in [0.1, 0.15) is 97.3 Å². The molecule has 2 N–H and O–H groups in total. The van der Waals surface area contributed by atoms with Crippen LogP contribution in [0.4, 0.5) is 11.4 Å². The minimum absolute atomic E-state index is 0.118. The molecule has 53 heavy (non-hydrogen) atoms. The molecule has 280 valence electrons. The molecule has 0 saturated carbocycles. The number of piperazine rings is 1. The Bertz CT molecular complexity index is 1830. The van der Waals surface area contributed by atoms with Gasteiger partial charge >= 0.3 is 0 Å². The number of nitrogens with zero attached hydrogens (tertiary/aromatic N) is 4. The monoisotopic (exact) mass is 717 g/mol. The molecule has 0 aromatic heterocycles. The van der Waals surface area contributed by atoms with E-state index in [0.717, 1.165) is 63.5 Å². The molecule has 3 saturated heterocycles. The maximum atomic E-state index is 13.1. The van der Waals surface area contributed by atoms with Crippen molar-refractivity contribution in [1.29, 1.82) is 0 Å². The molecule has 0 bridgehead atoms. The van der Waals surface area contributed by atoms with Gasteiger partial charge in [0.05, 0.1) is 0 Å². The average molecular weight is 718 g/mol. The lowest BCUT2D eigenvalue weighted by molar-refractivity contribution is -0.136. The average Bonchev–Trinajstić information content (AvgIpc) is 3.49. The molecule has 3 aromatic rings. The van der Waals surface area contributed by atoms with Gasteiger partial charge in [-0.15, -0.1) is 0 Å². The van der Waals surface area contributed by atoms with Gasteiger partial charge in [0.15, 0.2) is 0 Å². The smallest absolute Gasteiger partial charge is 0.255 e. The Kier molecular flexibility index (Phi) is 10.2. The number of nitrogens with one attached hydrogen (secondary N) is 1. The second-order valence-electron chi connectivity index (χ2n) is 16.7. The second-order valence-corrected chi connectivity index (χ2v) is 16.7. The Morgan fingerprint density at radius 1 is 0.774 bits per heavy atom. The zero-order valence-corrected chi connectivity index (χ0v) is 31.4. The number of hydrogen-bond donors (Lipinski definition) is 2. The number of rotatable bonds is 9. The molecule has 3 atom stereocenters. The number of aromatic hydroxyl groups is 1. The molecule has 0 spiro atoms. The summed E-state index contributed by atoms with van der Waals surface area (Å²) >= 11 is 0. The number of piperidine rings is 2. The van der Waals surface area contributed by atoms with Gasteiger partial charge in [-0.2, -0.15) is 0 Å². The van der Waals surface area contributed by atoms with E-state index in [4.69, 9.17) is 0 Å². The van der Waals surface area contributed by atoms with Gasteiger partial charge < -0.3 is 19.8 Å². The Morgan fingerprint density at radius 2 is 1.51 bits per heavy atom. The molecular weight excluding hydrogens is 663 g/mol. The van der Waals surface area contributed by atoms with Crippen LogP contribution in [0.2, 0.25) is 0 Å². The van der Waals surface area contributed by atoms with E-state index in [0.29, 0.717) is 48.0 Å². The van der Waals surface area contributed by atoms with Crippen molar-refractivity contribution in [2.45, 2.75) is 83.7 Å². The van der Waals surface area contributed by atoms with Gasteiger partial charge in [0.1, 0.15) is 11.8 Å². The number of anilines is 2. The quantitative estimate of drug-likeness (QED) is 0.250. The van der Waals surface area contributed by atoms with Gasteiger partial charge in [0.25, 0.3) is 5.91 Å². The van der Waals surface area contributed by atoms with Crippen LogP contribution in [0.15, 0.2) is 60.7 Å². The number of phenolic OH excluding ortho intramolecular Hbond substituents is 1. The van der Waals surface area contributed by atoms with Crippen LogP contribution in [0.25, 0.3) is 0 Å². The fourth-order valence-electron chi connectivity index (χ4n) is 9.76. The Morgan fingerprint density at radius 3 is 2.25 bits per heavy atom. The van der Waals surface area contributed by atoms with Crippen LogP contribution < -0.4 is 15.1 Å². The standard InChI is InChI=1S/C44H55N5O4/c1-29(2)3-4-31-5-6-33-26-37(50)12-14-38(33)42(31)32-7-9-35(10-8-32)47-19-17-30(18-20-47)27-46-21-23-48(24-22-46)36-11-13-39-34(25-36)28-49(44(39)53)40-15-16-41(51)45-43(40)52/h7-14,25-26,29-31,40,42,50H,3-6,15-24,27-28H2,1-2H3,(H,45,51,52)/t31-,40+,42+/m1/s1. The predicted molar refractivity (Wildman–Crippen MR) is 208 cm³/mol. The van der Waals surface area contributed by atoms with Gasteiger partial charge in [-0.05, 0) is 121 Å². The van der Waals surface area contributed by atoms with E-state index in [2.05, 4.69) is 70.3 Å². The zero-order valence-electron chi connectivity index (χ0n) is 31.4. The number of aryl methyl sites for hydroxylation is 1. The number of hydrogen-bond acceptors (Lipinski definition) is 7. The van der Waals surface area contributed by atoms with Crippen LogP contribution in [-0.2, 0) is 22.6 Å². The van der Waals surface area contributed by atoms with E-state index in [9.17, 15) is 19.5 Å². The van der Waals surface area contributed by atoms with Crippen LogP contribution in [0, 0.1) is 17.8 Å². The first-order valence-corrected chi connectivity index (χ1v) is 20.1. The molecule has 0 radical (unpaired) electrons. The van der Waals surface area contributed by atoms with Crippen LogP contribution in [-0.4, -0.2) is 84.5 Å². The third kappa shape index (κ3) is 7.55. The molecule has 5 aliphatic rings. The van der Waals surface area contributed by atoms with Gasteiger partial charge in [0, 0.05) is 81.6 Å². The number of phenols is 1. The first-order valence-electron chi connectivity index (χ1n) is 20.1. The third-order valence-electron chi connectivity index (χ3n) is 12.8. The van der Waals surface area contributed by atoms with Crippen molar-refractivity contribution >= 4 is 29.1 Å². The lowest BCUT2D eigenvalue weighted by Crippen LogP contribution is -2.52. The Balaban J connectivity index is 0.825. The van der Waals surface area contributed by atoms with E-state index in [1.807, 2.05) is 24.3 Å². The van der Waals surface area contributed by atoms with E-state index >= 15 is 0 Å². The molecule has 4 aliphatic heterocycles. The topological polar surface area (TPSA) is 96.4 Å². The number of fused-ring (bicyclic) bond motifs is 2. The summed E-state index contributed by atoms with van der Waals surface area (Å²) < 4.78 is 0. The molecule has 8 rings (SSSR count). The van der Waals surface area contributed by atoms with Gasteiger partial charge in [-0.1, -0.05) is 38.5 Å². The summed E-state index contributed by atoms with van der Waals surface area (Å²) in [6.07, 6.45) is 7.80. The summed E-state index contributed by atoms with van der Waals surface area (Å²) in [5.41, 5.74) is 8.22. The lowest BCUT2D eigenvalue weighted by atomic mass is 9.70. The highest BCUT2D eigenvalue weighted by Crippen LogP contribution is 2.44. The van der Waals surface area contributed by atoms with Crippen molar-refractivity contribution in [1.82, 2.24) is 15.1 Å². The highest BCUT2D eigenvalue weighted by molar-refractivity contribution is 6.05. The van der Waals surface area contributed by atoms with Crippen molar-refractivity contribution < 1.29 is 19.5 Å². The minimum atomic E-state index is -0.582. The molecule has 4 heterocycles. The Labute approximate surface area is 314 Å². The summed E-state index contributed by atoms with van der Waals surface area (Å²) in [7, 11) is 0. The fraction of sp³-hybridized carbons (Fsp3) is 0.523. The van der Waals surface area contributed by atoms with Gasteiger partial charge in [0.2, 0.25) is 11.8 Å². The maximum absolute atomic E-state index is 13.1.